The largest absolute Gasteiger partial charge is 0.504 e. The molecule has 0 atom stereocenters. The van der Waals surface area contributed by atoms with Gasteiger partial charge in [0.15, 0.2) is 11.6 Å². The van der Waals surface area contributed by atoms with Crippen LogP contribution in [0.25, 0.3) is 0 Å². The van der Waals surface area contributed by atoms with Gasteiger partial charge in [-0.05, 0) is 19.1 Å². The molecule has 1 N–H and O–H groups in total. The Hall–Kier alpha value is -1.58. The molecule has 70 valence electrons. The van der Waals surface area contributed by atoms with Crippen molar-refractivity contribution in [3.8, 4) is 5.75 Å². The third-order valence-corrected chi connectivity index (χ3v) is 1.41. The highest BCUT2D eigenvalue weighted by Gasteiger charge is 2.03. The van der Waals surface area contributed by atoms with Crippen LogP contribution in [0, 0.1) is 5.82 Å². The smallest absolute Gasteiger partial charge is 0.165 e. The van der Waals surface area contributed by atoms with Gasteiger partial charge in [0.05, 0.1) is 6.21 Å². The summed E-state index contributed by atoms with van der Waals surface area (Å²) in [6.45, 7) is 2.22. The Labute approximate surface area is 75.4 Å². The number of aromatic hydroxyl groups is 1. The zero-order valence-electron chi connectivity index (χ0n) is 7.20. The van der Waals surface area contributed by atoms with Crippen LogP contribution in [-0.4, -0.2) is 17.9 Å². The lowest BCUT2D eigenvalue weighted by atomic mass is 10.2. The summed E-state index contributed by atoms with van der Waals surface area (Å²) in [5.74, 6) is -1.08. The lowest BCUT2D eigenvalue weighted by molar-refractivity contribution is 0.160. The van der Waals surface area contributed by atoms with Gasteiger partial charge < -0.3 is 9.94 Å². The lowest BCUT2D eigenvalue weighted by Gasteiger charge is -1.98. The van der Waals surface area contributed by atoms with Gasteiger partial charge in [-0.1, -0.05) is 11.2 Å². The lowest BCUT2D eigenvalue weighted by Crippen LogP contribution is -1.87. The summed E-state index contributed by atoms with van der Waals surface area (Å²) in [6, 6.07) is 4.20. The average Bonchev–Trinajstić information content (AvgIpc) is 2.13. The average molecular weight is 183 g/mol. The van der Waals surface area contributed by atoms with Crippen molar-refractivity contribution in [2.24, 2.45) is 5.16 Å². The fourth-order valence-electron chi connectivity index (χ4n) is 0.805. The van der Waals surface area contributed by atoms with E-state index in [0.29, 0.717) is 12.2 Å². The molecule has 1 aromatic carbocycles. The van der Waals surface area contributed by atoms with Crippen LogP contribution in [0.1, 0.15) is 12.5 Å². The second-order valence-electron chi connectivity index (χ2n) is 2.33. The van der Waals surface area contributed by atoms with E-state index in [0.717, 1.165) is 0 Å². The standard InChI is InChI=1S/C9H10FNO2/c1-2-13-11-6-7-4-3-5-8(10)9(7)12/h3-6,12H,2H2,1H3/b11-6+. The number of para-hydroxylation sites is 1. The molecule has 13 heavy (non-hydrogen) atoms. The maximum Gasteiger partial charge on any atom is 0.165 e. The van der Waals surface area contributed by atoms with Crippen LogP contribution in [0.4, 0.5) is 4.39 Å². The van der Waals surface area contributed by atoms with Gasteiger partial charge in [-0.25, -0.2) is 4.39 Å². The van der Waals surface area contributed by atoms with Gasteiger partial charge in [0.25, 0.3) is 0 Å². The van der Waals surface area contributed by atoms with Crippen molar-refractivity contribution in [3.05, 3.63) is 29.6 Å². The van der Waals surface area contributed by atoms with Gasteiger partial charge in [-0.15, -0.1) is 0 Å². The number of oxime groups is 1. The zero-order valence-corrected chi connectivity index (χ0v) is 7.20. The van der Waals surface area contributed by atoms with Gasteiger partial charge in [0.1, 0.15) is 6.61 Å². The molecule has 0 bridgehead atoms. The third-order valence-electron chi connectivity index (χ3n) is 1.41. The first kappa shape index (κ1) is 9.51. The molecule has 4 heteroatoms. The molecule has 0 fully saturated rings. The van der Waals surface area contributed by atoms with Crippen molar-refractivity contribution in [1.82, 2.24) is 0 Å². The molecule has 3 nitrogen and oxygen atoms in total. The van der Waals surface area contributed by atoms with Gasteiger partial charge in [-0.2, -0.15) is 0 Å². The quantitative estimate of drug-likeness (QED) is 0.574. The molecule has 0 saturated carbocycles. The van der Waals surface area contributed by atoms with E-state index in [1.54, 1.807) is 13.0 Å². The topological polar surface area (TPSA) is 41.8 Å². The second kappa shape index (κ2) is 4.45. The minimum Gasteiger partial charge on any atom is -0.504 e. The number of phenolic OH excluding ortho intramolecular Hbond substituents is 1. The summed E-state index contributed by atoms with van der Waals surface area (Å²) in [6.07, 6.45) is 1.27. The van der Waals surface area contributed by atoms with E-state index >= 15 is 0 Å². The first-order valence-electron chi connectivity index (χ1n) is 3.88. The van der Waals surface area contributed by atoms with Crippen LogP contribution < -0.4 is 0 Å². The van der Waals surface area contributed by atoms with Crippen molar-refractivity contribution in [2.75, 3.05) is 6.61 Å². The minimum atomic E-state index is -0.666. The van der Waals surface area contributed by atoms with Crippen LogP contribution in [0.5, 0.6) is 5.75 Å². The number of rotatable bonds is 3. The summed E-state index contributed by atoms with van der Waals surface area (Å²) >= 11 is 0. The SMILES string of the molecule is CCO/N=C/c1cccc(F)c1O. The van der Waals surface area contributed by atoms with E-state index in [-0.39, 0.29) is 0 Å². The van der Waals surface area contributed by atoms with Gasteiger partial charge in [0, 0.05) is 5.56 Å². The molecule has 0 aliphatic heterocycles. The first-order valence-corrected chi connectivity index (χ1v) is 3.88. The molecule has 0 aromatic heterocycles. The fourth-order valence-corrected chi connectivity index (χ4v) is 0.805. The van der Waals surface area contributed by atoms with Crippen molar-refractivity contribution in [1.29, 1.82) is 0 Å². The van der Waals surface area contributed by atoms with E-state index in [1.165, 1.54) is 18.3 Å². The van der Waals surface area contributed by atoms with E-state index in [1.807, 2.05) is 0 Å². The van der Waals surface area contributed by atoms with Gasteiger partial charge in [-0.3, -0.25) is 0 Å². The number of nitrogens with zero attached hydrogens (tertiary/aromatic N) is 1. The number of phenols is 1. The molecule has 0 heterocycles. The van der Waals surface area contributed by atoms with Crippen LogP contribution >= 0.6 is 0 Å². The highest BCUT2D eigenvalue weighted by Crippen LogP contribution is 2.18. The van der Waals surface area contributed by atoms with Gasteiger partial charge >= 0.3 is 0 Å². The second-order valence-corrected chi connectivity index (χ2v) is 2.33. The van der Waals surface area contributed by atoms with E-state index in [9.17, 15) is 9.50 Å². The van der Waals surface area contributed by atoms with Crippen molar-refractivity contribution >= 4 is 6.21 Å². The van der Waals surface area contributed by atoms with E-state index < -0.39 is 11.6 Å². The van der Waals surface area contributed by atoms with E-state index in [4.69, 9.17) is 0 Å². The summed E-state index contributed by atoms with van der Waals surface area (Å²) in [5.41, 5.74) is 0.299. The Kier molecular flexibility index (Phi) is 3.25. The molecule has 0 saturated heterocycles. The maximum absolute atomic E-state index is 12.7. The number of hydrogen-bond donors (Lipinski definition) is 1. The Morgan fingerprint density at radius 1 is 1.62 bits per heavy atom. The van der Waals surface area contributed by atoms with Crippen molar-refractivity contribution in [2.45, 2.75) is 6.92 Å². The normalized spacial score (nSPS) is 10.6. The summed E-state index contributed by atoms with van der Waals surface area (Å²) in [7, 11) is 0. The molecule has 0 amide bonds. The highest BCUT2D eigenvalue weighted by molar-refractivity contribution is 5.82. The third kappa shape index (κ3) is 2.43. The molecule has 0 aliphatic carbocycles. The Bertz CT molecular complexity index is 312. The molecule has 0 radical (unpaired) electrons. The Balaban J connectivity index is 2.83. The van der Waals surface area contributed by atoms with Crippen LogP contribution in [0.3, 0.4) is 0 Å². The Morgan fingerprint density at radius 2 is 2.38 bits per heavy atom. The number of halogens is 1. The van der Waals surface area contributed by atoms with Crippen LogP contribution in [0.2, 0.25) is 0 Å². The highest BCUT2D eigenvalue weighted by atomic mass is 19.1. The summed E-state index contributed by atoms with van der Waals surface area (Å²) in [4.78, 5) is 4.67. The predicted octanol–water partition coefficient (Wildman–Crippen LogP) is 1.90. The predicted molar refractivity (Wildman–Crippen MR) is 47.3 cm³/mol. The molecular weight excluding hydrogens is 173 g/mol. The summed E-state index contributed by atoms with van der Waals surface area (Å²) < 4.78 is 12.7. The number of benzene rings is 1. The molecule has 0 unspecified atom stereocenters. The first-order chi connectivity index (χ1) is 6.25. The molecule has 0 aliphatic rings. The van der Waals surface area contributed by atoms with Crippen molar-refractivity contribution < 1.29 is 14.3 Å². The van der Waals surface area contributed by atoms with Crippen LogP contribution in [-0.2, 0) is 4.84 Å². The molecule has 1 rings (SSSR count). The van der Waals surface area contributed by atoms with Crippen LogP contribution in [0.15, 0.2) is 23.4 Å². The maximum atomic E-state index is 12.7. The van der Waals surface area contributed by atoms with E-state index in [2.05, 4.69) is 9.99 Å². The monoisotopic (exact) mass is 183 g/mol. The van der Waals surface area contributed by atoms with Crippen molar-refractivity contribution in [3.63, 3.8) is 0 Å². The molecule has 1 aromatic rings. The summed E-state index contributed by atoms with van der Waals surface area (Å²) in [5, 5.41) is 12.7. The minimum absolute atomic E-state index is 0.299. The number of hydrogen-bond acceptors (Lipinski definition) is 3. The Morgan fingerprint density at radius 3 is 3.08 bits per heavy atom. The molecular formula is C9H10FNO2. The fraction of sp³-hybridized carbons (Fsp3) is 0.222. The van der Waals surface area contributed by atoms with Gasteiger partial charge in [0.2, 0.25) is 0 Å². The zero-order chi connectivity index (χ0) is 9.68. The molecule has 0 spiro atoms.